The van der Waals surface area contributed by atoms with E-state index in [9.17, 15) is 4.79 Å². The Morgan fingerprint density at radius 3 is 2.96 bits per heavy atom. The lowest BCUT2D eigenvalue weighted by molar-refractivity contribution is -0.124. The number of fused-ring (bicyclic) bond motifs is 1. The predicted molar refractivity (Wildman–Crippen MR) is 106 cm³/mol. The van der Waals surface area contributed by atoms with Gasteiger partial charge in [-0.2, -0.15) is 5.10 Å². The number of nitrogens with one attached hydrogen (secondary N) is 2. The smallest absolute Gasteiger partial charge is 0.246 e. The maximum atomic E-state index is 11.5. The number of carbonyl (C=O) groups excluding carboxylic acids is 1. The maximum absolute atomic E-state index is 11.5. The normalized spacial score (nSPS) is 20.3. The Balaban J connectivity index is 0.00000169. The molecule has 0 bridgehead atoms. The molecule has 2 aliphatic heterocycles. The minimum absolute atomic E-state index is 0. The fourth-order valence-electron chi connectivity index (χ4n) is 3.65. The van der Waals surface area contributed by atoms with Gasteiger partial charge in [-0.15, -0.1) is 24.8 Å². The Bertz CT molecular complexity index is 549. The molecule has 0 aliphatic carbocycles. The number of carbonyl (C=O) groups is 1. The van der Waals surface area contributed by atoms with Crippen molar-refractivity contribution in [3.63, 3.8) is 0 Å². The third kappa shape index (κ3) is 6.70. The Morgan fingerprint density at radius 1 is 1.38 bits per heavy atom. The molecule has 3 rings (SSSR count). The average molecular weight is 408 g/mol. The maximum Gasteiger partial charge on any atom is 0.246 e. The van der Waals surface area contributed by atoms with Gasteiger partial charge in [0.15, 0.2) is 0 Å². The van der Waals surface area contributed by atoms with Crippen LogP contribution >= 0.6 is 24.8 Å². The van der Waals surface area contributed by atoms with E-state index in [-0.39, 0.29) is 37.3 Å². The second kappa shape index (κ2) is 11.8. The topological polar surface area (TPSA) is 71.4 Å². The van der Waals surface area contributed by atoms with E-state index in [0.717, 1.165) is 50.8 Å². The fraction of sp³-hybridized carbons (Fsp3) is 0.765. The van der Waals surface area contributed by atoms with Crippen LogP contribution < -0.4 is 10.6 Å². The summed E-state index contributed by atoms with van der Waals surface area (Å²) in [4.78, 5) is 14.1. The van der Waals surface area contributed by atoms with Crippen LogP contribution in [0.1, 0.15) is 30.7 Å². The van der Waals surface area contributed by atoms with Gasteiger partial charge in [0.1, 0.15) is 6.61 Å². The third-order valence-corrected chi connectivity index (χ3v) is 4.80. The van der Waals surface area contributed by atoms with Crippen molar-refractivity contribution < 1.29 is 9.53 Å². The summed E-state index contributed by atoms with van der Waals surface area (Å²) in [6, 6.07) is 2.13. The van der Waals surface area contributed by atoms with E-state index in [1.54, 1.807) is 0 Å². The summed E-state index contributed by atoms with van der Waals surface area (Å²) in [5, 5.41) is 11.0. The average Bonchev–Trinajstić information content (AvgIpc) is 2.86. The van der Waals surface area contributed by atoms with Crippen LogP contribution in [-0.2, 0) is 29.2 Å². The third-order valence-electron chi connectivity index (χ3n) is 4.80. The molecular formula is C17H31Cl2N5O2. The van der Waals surface area contributed by atoms with Crippen LogP contribution in [0.15, 0.2) is 6.07 Å². The van der Waals surface area contributed by atoms with Crippen LogP contribution in [0.25, 0.3) is 0 Å². The van der Waals surface area contributed by atoms with Gasteiger partial charge in [-0.05, 0) is 44.3 Å². The highest BCUT2D eigenvalue weighted by Gasteiger charge is 2.21. The monoisotopic (exact) mass is 407 g/mol. The van der Waals surface area contributed by atoms with Crippen LogP contribution in [0, 0.1) is 5.92 Å². The molecule has 1 atom stereocenters. The number of amides is 1. The van der Waals surface area contributed by atoms with Crippen molar-refractivity contribution in [2.75, 3.05) is 39.9 Å². The second-order valence-electron chi connectivity index (χ2n) is 6.86. The summed E-state index contributed by atoms with van der Waals surface area (Å²) < 4.78 is 6.93. The van der Waals surface area contributed by atoms with Crippen molar-refractivity contribution in [2.45, 2.75) is 38.9 Å². The summed E-state index contributed by atoms with van der Waals surface area (Å²) in [5.41, 5.74) is 2.18. The highest BCUT2D eigenvalue weighted by atomic mass is 35.5. The standard InChI is InChI=1S/C17H29N5O2.2ClH/c1-24-13-17(23)19-10-15-8-16-12-21(6-3-7-22(16)20-15)11-14-4-2-5-18-9-14;;/h8,14,18H,2-7,9-13H2,1H3,(H,19,23);2*1H. The molecule has 0 spiro atoms. The lowest BCUT2D eigenvalue weighted by atomic mass is 9.99. The van der Waals surface area contributed by atoms with Crippen molar-refractivity contribution >= 4 is 30.7 Å². The first-order chi connectivity index (χ1) is 11.7. The van der Waals surface area contributed by atoms with E-state index in [0.29, 0.717) is 6.54 Å². The molecule has 26 heavy (non-hydrogen) atoms. The molecule has 7 nitrogen and oxygen atoms in total. The lowest BCUT2D eigenvalue weighted by Gasteiger charge is -2.29. The van der Waals surface area contributed by atoms with Gasteiger partial charge in [-0.25, -0.2) is 0 Å². The molecule has 1 saturated heterocycles. The van der Waals surface area contributed by atoms with Crippen molar-refractivity contribution in [1.82, 2.24) is 25.3 Å². The number of ether oxygens (including phenoxy) is 1. The second-order valence-corrected chi connectivity index (χ2v) is 6.86. The van der Waals surface area contributed by atoms with Gasteiger partial charge in [0.05, 0.1) is 17.9 Å². The Labute approximate surface area is 168 Å². The number of hydrogen-bond donors (Lipinski definition) is 2. The molecule has 0 aromatic carbocycles. The molecule has 1 aromatic rings. The number of aryl methyl sites for hydroxylation is 1. The van der Waals surface area contributed by atoms with Crippen LogP contribution in [0.2, 0.25) is 0 Å². The Hall–Kier alpha value is -0.860. The SMILES string of the molecule is COCC(=O)NCc1cc2n(n1)CCCN(CC1CCCNC1)C2.Cl.Cl. The number of hydrogen-bond acceptors (Lipinski definition) is 5. The summed E-state index contributed by atoms with van der Waals surface area (Å²) in [6.07, 6.45) is 3.76. The molecular weight excluding hydrogens is 377 g/mol. The number of aromatic nitrogens is 2. The van der Waals surface area contributed by atoms with E-state index in [4.69, 9.17) is 4.74 Å². The summed E-state index contributed by atoms with van der Waals surface area (Å²) in [5.74, 6) is 0.660. The van der Waals surface area contributed by atoms with Crippen LogP contribution in [0.5, 0.6) is 0 Å². The zero-order valence-corrected chi connectivity index (χ0v) is 17.0. The van der Waals surface area contributed by atoms with Crippen LogP contribution in [-0.4, -0.2) is 60.5 Å². The number of nitrogens with zero attached hydrogens (tertiary/aromatic N) is 3. The van der Waals surface area contributed by atoms with Gasteiger partial charge in [-0.1, -0.05) is 0 Å². The molecule has 1 amide bonds. The van der Waals surface area contributed by atoms with Gasteiger partial charge < -0.3 is 15.4 Å². The van der Waals surface area contributed by atoms with Gasteiger partial charge in [0.2, 0.25) is 5.91 Å². The number of halogens is 2. The van der Waals surface area contributed by atoms with Crippen molar-refractivity contribution in [1.29, 1.82) is 0 Å². The van der Waals surface area contributed by atoms with Gasteiger partial charge in [0.25, 0.3) is 0 Å². The van der Waals surface area contributed by atoms with Crippen LogP contribution in [0.3, 0.4) is 0 Å². The molecule has 0 radical (unpaired) electrons. The van der Waals surface area contributed by atoms with Crippen molar-refractivity contribution in [3.8, 4) is 0 Å². The first kappa shape index (κ1) is 23.2. The number of methoxy groups -OCH3 is 1. The molecule has 1 aromatic heterocycles. The van der Waals surface area contributed by atoms with Gasteiger partial charge in [-0.3, -0.25) is 14.4 Å². The molecule has 2 aliphatic rings. The van der Waals surface area contributed by atoms with Crippen LogP contribution in [0.4, 0.5) is 0 Å². The van der Waals surface area contributed by atoms with E-state index in [2.05, 4.69) is 31.4 Å². The molecule has 9 heteroatoms. The van der Waals surface area contributed by atoms with Crippen molar-refractivity contribution in [2.24, 2.45) is 5.92 Å². The quantitative estimate of drug-likeness (QED) is 0.740. The summed E-state index contributed by atoms with van der Waals surface area (Å²) >= 11 is 0. The molecule has 2 N–H and O–H groups in total. The molecule has 3 heterocycles. The first-order valence-electron chi connectivity index (χ1n) is 8.99. The summed E-state index contributed by atoms with van der Waals surface area (Å²) in [7, 11) is 1.52. The predicted octanol–water partition coefficient (Wildman–Crippen LogP) is 1.19. The minimum Gasteiger partial charge on any atom is -0.375 e. The zero-order valence-electron chi connectivity index (χ0n) is 15.4. The molecule has 1 unspecified atom stereocenters. The highest BCUT2D eigenvalue weighted by molar-refractivity contribution is 5.85. The molecule has 0 saturated carbocycles. The van der Waals surface area contributed by atoms with E-state index < -0.39 is 0 Å². The molecule has 150 valence electrons. The van der Waals surface area contributed by atoms with E-state index >= 15 is 0 Å². The van der Waals surface area contributed by atoms with E-state index in [1.165, 1.54) is 32.2 Å². The lowest BCUT2D eigenvalue weighted by Crippen LogP contribution is -2.38. The Morgan fingerprint density at radius 2 is 2.23 bits per heavy atom. The summed E-state index contributed by atoms with van der Waals surface area (Å²) in [6.45, 7) is 7.09. The number of rotatable bonds is 6. The zero-order chi connectivity index (χ0) is 16.8. The minimum atomic E-state index is -0.105. The first-order valence-corrected chi connectivity index (χ1v) is 8.99. The number of piperidine rings is 1. The Kier molecular flexibility index (Phi) is 10.5. The van der Waals surface area contributed by atoms with Crippen molar-refractivity contribution in [3.05, 3.63) is 17.5 Å². The highest BCUT2D eigenvalue weighted by Crippen LogP contribution is 2.18. The molecule has 1 fully saturated rings. The van der Waals surface area contributed by atoms with Gasteiger partial charge >= 0.3 is 0 Å². The largest absolute Gasteiger partial charge is 0.375 e. The van der Waals surface area contributed by atoms with E-state index in [1.807, 2.05) is 0 Å². The van der Waals surface area contributed by atoms with Gasteiger partial charge in [0, 0.05) is 33.3 Å². The fourth-order valence-corrected chi connectivity index (χ4v) is 3.65.